The third kappa shape index (κ3) is 3.13. The van der Waals surface area contributed by atoms with Crippen molar-refractivity contribution in [3.63, 3.8) is 0 Å². The number of methoxy groups -OCH3 is 1. The van der Waals surface area contributed by atoms with Crippen molar-refractivity contribution in [1.29, 1.82) is 0 Å². The molecular formula is C15H23NO3. The van der Waals surface area contributed by atoms with Gasteiger partial charge in [0.05, 0.1) is 7.11 Å². The second-order valence-corrected chi connectivity index (χ2v) is 5.17. The van der Waals surface area contributed by atoms with E-state index in [2.05, 4.69) is 26.1 Å². The van der Waals surface area contributed by atoms with E-state index in [9.17, 15) is 0 Å². The second-order valence-electron chi connectivity index (χ2n) is 5.17. The Kier molecular flexibility index (Phi) is 4.53. The van der Waals surface area contributed by atoms with Crippen LogP contribution in [-0.4, -0.2) is 19.9 Å². The summed E-state index contributed by atoms with van der Waals surface area (Å²) < 4.78 is 16.2. The molecule has 1 aliphatic heterocycles. The van der Waals surface area contributed by atoms with Crippen LogP contribution in [0.5, 0.6) is 17.2 Å². The summed E-state index contributed by atoms with van der Waals surface area (Å²) in [6.07, 6.45) is 1.12. The molecule has 0 saturated heterocycles. The Morgan fingerprint density at radius 2 is 2.11 bits per heavy atom. The summed E-state index contributed by atoms with van der Waals surface area (Å²) >= 11 is 0. The van der Waals surface area contributed by atoms with Crippen LogP contribution in [0, 0.1) is 5.92 Å². The minimum Gasteiger partial charge on any atom is -0.493 e. The van der Waals surface area contributed by atoms with Gasteiger partial charge in [0.25, 0.3) is 0 Å². The van der Waals surface area contributed by atoms with Crippen LogP contribution in [-0.2, 0) is 6.54 Å². The van der Waals surface area contributed by atoms with Crippen LogP contribution in [0.15, 0.2) is 12.1 Å². The van der Waals surface area contributed by atoms with Crippen LogP contribution in [0.2, 0.25) is 0 Å². The molecule has 19 heavy (non-hydrogen) atoms. The summed E-state index contributed by atoms with van der Waals surface area (Å²) in [6, 6.07) is 4.55. The lowest BCUT2D eigenvalue weighted by Gasteiger charge is -2.21. The van der Waals surface area contributed by atoms with E-state index in [4.69, 9.17) is 14.2 Å². The molecule has 0 amide bonds. The highest BCUT2D eigenvalue weighted by Gasteiger charge is 2.20. The van der Waals surface area contributed by atoms with Gasteiger partial charge in [0.15, 0.2) is 11.5 Å². The number of rotatable bonds is 6. The second kappa shape index (κ2) is 6.15. The molecule has 4 nitrogen and oxygen atoms in total. The molecule has 1 unspecified atom stereocenters. The number of nitrogens with one attached hydrogen (secondary N) is 1. The van der Waals surface area contributed by atoms with Crippen LogP contribution in [0.25, 0.3) is 0 Å². The van der Waals surface area contributed by atoms with E-state index in [1.807, 2.05) is 12.1 Å². The van der Waals surface area contributed by atoms with Gasteiger partial charge >= 0.3 is 0 Å². The number of benzene rings is 1. The van der Waals surface area contributed by atoms with Crippen molar-refractivity contribution in [3.8, 4) is 17.2 Å². The lowest BCUT2D eigenvalue weighted by atomic mass is 10.0. The smallest absolute Gasteiger partial charge is 0.231 e. The first kappa shape index (κ1) is 14.0. The molecule has 0 spiro atoms. The van der Waals surface area contributed by atoms with E-state index < -0.39 is 0 Å². The minimum atomic E-state index is 0.270. The maximum Gasteiger partial charge on any atom is 0.231 e. The summed E-state index contributed by atoms with van der Waals surface area (Å²) in [5.74, 6) is 2.85. The number of hydrogen-bond donors (Lipinski definition) is 1. The van der Waals surface area contributed by atoms with Gasteiger partial charge in [0.2, 0.25) is 12.5 Å². The zero-order valence-corrected chi connectivity index (χ0v) is 12.2. The fourth-order valence-electron chi connectivity index (χ4n) is 2.39. The van der Waals surface area contributed by atoms with Gasteiger partial charge in [-0.25, -0.2) is 0 Å². The summed E-state index contributed by atoms with van der Waals surface area (Å²) in [4.78, 5) is 0. The largest absolute Gasteiger partial charge is 0.493 e. The van der Waals surface area contributed by atoms with Crippen molar-refractivity contribution < 1.29 is 14.2 Å². The van der Waals surface area contributed by atoms with Gasteiger partial charge in [0.1, 0.15) is 0 Å². The van der Waals surface area contributed by atoms with Crippen LogP contribution in [0.1, 0.15) is 32.8 Å². The zero-order valence-electron chi connectivity index (χ0n) is 12.2. The van der Waals surface area contributed by atoms with Crippen LogP contribution >= 0.6 is 0 Å². The standard InChI is InChI=1S/C15H23NO3/c1-5-12(10(2)3)16-8-11-6-13(17-4)15-14(7-11)18-9-19-15/h6-7,10,12,16H,5,8-9H2,1-4H3. The highest BCUT2D eigenvalue weighted by molar-refractivity contribution is 5.55. The quantitative estimate of drug-likeness (QED) is 0.858. The molecule has 1 aromatic rings. The van der Waals surface area contributed by atoms with E-state index in [1.54, 1.807) is 7.11 Å². The fraction of sp³-hybridized carbons (Fsp3) is 0.600. The van der Waals surface area contributed by atoms with Crippen molar-refractivity contribution in [3.05, 3.63) is 17.7 Å². The highest BCUT2D eigenvalue weighted by Crippen LogP contribution is 2.41. The molecule has 0 radical (unpaired) electrons. The van der Waals surface area contributed by atoms with Gasteiger partial charge < -0.3 is 19.5 Å². The summed E-state index contributed by atoms with van der Waals surface area (Å²) in [5, 5.41) is 3.58. The number of hydrogen-bond acceptors (Lipinski definition) is 4. The predicted molar refractivity (Wildman–Crippen MR) is 74.9 cm³/mol. The van der Waals surface area contributed by atoms with Crippen LogP contribution in [0.3, 0.4) is 0 Å². The Hall–Kier alpha value is -1.42. The fourth-order valence-corrected chi connectivity index (χ4v) is 2.39. The normalized spacial score (nSPS) is 14.8. The molecule has 106 valence electrons. The Morgan fingerprint density at radius 1 is 1.32 bits per heavy atom. The lowest BCUT2D eigenvalue weighted by Crippen LogP contribution is -2.32. The predicted octanol–water partition coefficient (Wildman–Crippen LogP) is 2.95. The highest BCUT2D eigenvalue weighted by atomic mass is 16.7. The first-order valence-corrected chi connectivity index (χ1v) is 6.85. The summed E-state index contributed by atoms with van der Waals surface area (Å²) in [7, 11) is 1.65. The van der Waals surface area contributed by atoms with E-state index in [-0.39, 0.29) is 6.79 Å². The van der Waals surface area contributed by atoms with Gasteiger partial charge in [-0.1, -0.05) is 20.8 Å². The van der Waals surface area contributed by atoms with Gasteiger partial charge in [-0.15, -0.1) is 0 Å². The lowest BCUT2D eigenvalue weighted by molar-refractivity contribution is 0.171. The summed E-state index contributed by atoms with van der Waals surface area (Å²) in [6.45, 7) is 7.76. The third-order valence-corrected chi connectivity index (χ3v) is 3.53. The van der Waals surface area contributed by atoms with Crippen molar-refractivity contribution >= 4 is 0 Å². The van der Waals surface area contributed by atoms with E-state index >= 15 is 0 Å². The molecule has 0 aromatic heterocycles. The van der Waals surface area contributed by atoms with E-state index in [1.165, 1.54) is 0 Å². The Labute approximate surface area is 115 Å². The molecule has 1 N–H and O–H groups in total. The molecule has 0 aliphatic carbocycles. The topological polar surface area (TPSA) is 39.7 Å². The maximum absolute atomic E-state index is 5.43. The summed E-state index contributed by atoms with van der Waals surface area (Å²) in [5.41, 5.74) is 1.15. The van der Waals surface area contributed by atoms with Crippen LogP contribution in [0.4, 0.5) is 0 Å². The van der Waals surface area contributed by atoms with Gasteiger partial charge in [-0.2, -0.15) is 0 Å². The monoisotopic (exact) mass is 265 g/mol. The van der Waals surface area contributed by atoms with Gasteiger partial charge in [-0.3, -0.25) is 0 Å². The average Bonchev–Trinajstić information content (AvgIpc) is 2.86. The van der Waals surface area contributed by atoms with E-state index in [0.29, 0.717) is 17.7 Å². The first-order valence-electron chi connectivity index (χ1n) is 6.85. The Bertz CT molecular complexity index is 432. The maximum atomic E-state index is 5.43. The molecule has 1 atom stereocenters. The van der Waals surface area contributed by atoms with Crippen molar-refractivity contribution in [2.75, 3.05) is 13.9 Å². The average molecular weight is 265 g/mol. The molecule has 1 aliphatic rings. The zero-order chi connectivity index (χ0) is 13.8. The molecule has 1 aromatic carbocycles. The number of ether oxygens (including phenoxy) is 3. The molecule has 2 rings (SSSR count). The van der Waals surface area contributed by atoms with Crippen molar-refractivity contribution in [1.82, 2.24) is 5.32 Å². The Balaban J connectivity index is 2.09. The molecular weight excluding hydrogens is 242 g/mol. The molecule has 4 heteroatoms. The Morgan fingerprint density at radius 3 is 2.74 bits per heavy atom. The number of fused-ring (bicyclic) bond motifs is 1. The SMILES string of the molecule is CCC(NCc1cc(OC)c2c(c1)OCO2)C(C)C. The minimum absolute atomic E-state index is 0.270. The van der Waals surface area contributed by atoms with E-state index in [0.717, 1.165) is 30.0 Å². The first-order chi connectivity index (χ1) is 9.15. The van der Waals surface area contributed by atoms with Crippen LogP contribution < -0.4 is 19.5 Å². The van der Waals surface area contributed by atoms with Gasteiger partial charge in [-0.05, 0) is 30.0 Å². The third-order valence-electron chi connectivity index (χ3n) is 3.53. The van der Waals surface area contributed by atoms with Gasteiger partial charge in [0, 0.05) is 12.6 Å². The molecule has 0 fully saturated rings. The van der Waals surface area contributed by atoms with Crippen molar-refractivity contribution in [2.45, 2.75) is 39.8 Å². The molecule has 0 saturated carbocycles. The van der Waals surface area contributed by atoms with Crippen molar-refractivity contribution in [2.24, 2.45) is 5.92 Å². The molecule has 0 bridgehead atoms. The molecule has 1 heterocycles.